The average molecular weight is 317 g/mol. The van der Waals surface area contributed by atoms with E-state index >= 15 is 0 Å². The lowest BCUT2D eigenvalue weighted by atomic mass is 9.83. The Morgan fingerprint density at radius 3 is 2.70 bits per heavy atom. The molecule has 0 aliphatic rings. The van der Waals surface area contributed by atoms with Crippen molar-refractivity contribution in [3.05, 3.63) is 58.2 Å². The molecule has 122 valence electrons. The number of benzene rings is 1. The lowest BCUT2D eigenvalue weighted by molar-refractivity contribution is -0.487. The second-order valence-electron chi connectivity index (χ2n) is 5.44. The van der Waals surface area contributed by atoms with Crippen molar-refractivity contribution in [1.29, 1.82) is 0 Å². The van der Waals surface area contributed by atoms with Crippen LogP contribution in [0, 0.1) is 16.0 Å². The molecule has 2 atom stereocenters. The summed E-state index contributed by atoms with van der Waals surface area (Å²) in [7, 11) is 3.23. The van der Waals surface area contributed by atoms with Gasteiger partial charge in [-0.15, -0.1) is 0 Å². The molecule has 0 bridgehead atoms. The molecule has 0 amide bonds. The zero-order valence-electron chi connectivity index (χ0n) is 13.3. The Kier molecular flexibility index (Phi) is 5.10. The van der Waals surface area contributed by atoms with Crippen LogP contribution >= 0.6 is 0 Å². The number of methoxy groups -OCH3 is 1. The SMILES string of the molecule is COc1ccccc1[C@@H](C(=O)c1nccn1C)[C@H](C)C[N+](=O)[O-]. The number of ketones is 1. The highest BCUT2D eigenvalue weighted by atomic mass is 16.6. The van der Waals surface area contributed by atoms with Gasteiger partial charge in [0.15, 0.2) is 5.82 Å². The van der Waals surface area contributed by atoms with E-state index in [-0.39, 0.29) is 18.2 Å². The molecule has 0 fully saturated rings. The number of carbonyl (C=O) groups excluding carboxylic acids is 1. The molecule has 0 N–H and O–H groups in total. The summed E-state index contributed by atoms with van der Waals surface area (Å²) in [4.78, 5) is 27.6. The van der Waals surface area contributed by atoms with Crippen molar-refractivity contribution in [3.8, 4) is 5.75 Å². The van der Waals surface area contributed by atoms with Crippen LogP contribution in [0.5, 0.6) is 5.75 Å². The minimum atomic E-state index is -0.697. The van der Waals surface area contributed by atoms with Crippen LogP contribution in [0.25, 0.3) is 0 Å². The van der Waals surface area contributed by atoms with E-state index in [0.29, 0.717) is 11.3 Å². The number of ether oxygens (including phenoxy) is 1. The molecule has 23 heavy (non-hydrogen) atoms. The summed E-state index contributed by atoms with van der Waals surface area (Å²) < 4.78 is 6.94. The highest BCUT2D eigenvalue weighted by molar-refractivity contribution is 5.98. The molecule has 7 heteroatoms. The Bertz CT molecular complexity index is 711. The van der Waals surface area contributed by atoms with Gasteiger partial charge in [-0.3, -0.25) is 14.9 Å². The maximum Gasteiger partial charge on any atom is 0.207 e. The molecule has 1 aromatic carbocycles. The fraction of sp³-hybridized carbons (Fsp3) is 0.375. The van der Waals surface area contributed by atoms with Gasteiger partial charge in [0.25, 0.3) is 0 Å². The molecule has 0 aliphatic heterocycles. The fourth-order valence-corrected chi connectivity index (χ4v) is 2.71. The summed E-state index contributed by atoms with van der Waals surface area (Å²) in [5.74, 6) is -0.633. The average Bonchev–Trinajstić information content (AvgIpc) is 2.93. The fourth-order valence-electron chi connectivity index (χ4n) is 2.71. The number of aromatic nitrogens is 2. The Hall–Kier alpha value is -2.70. The number of rotatable bonds is 7. The molecule has 0 aliphatic carbocycles. The van der Waals surface area contributed by atoms with Crippen LogP contribution < -0.4 is 4.74 Å². The molecule has 2 rings (SSSR count). The quantitative estimate of drug-likeness (QED) is 0.444. The molecule has 0 saturated heterocycles. The van der Waals surface area contributed by atoms with Gasteiger partial charge in [0.1, 0.15) is 5.75 Å². The Morgan fingerprint density at radius 1 is 1.43 bits per heavy atom. The summed E-state index contributed by atoms with van der Waals surface area (Å²) in [6.07, 6.45) is 3.20. The van der Waals surface area contributed by atoms with Crippen molar-refractivity contribution in [3.63, 3.8) is 0 Å². The molecule has 0 unspecified atom stereocenters. The van der Waals surface area contributed by atoms with E-state index in [1.807, 2.05) is 0 Å². The monoisotopic (exact) mass is 317 g/mol. The standard InChI is InChI=1S/C16H19N3O4/c1-11(10-19(21)22)14(12-6-4-5-7-13(12)23-3)15(20)16-17-8-9-18(16)2/h4-9,11,14H,10H2,1-3H3/t11-,14+/m1/s1. The van der Waals surface area contributed by atoms with E-state index < -0.39 is 16.8 Å². The van der Waals surface area contributed by atoms with Gasteiger partial charge in [0, 0.05) is 35.8 Å². The third kappa shape index (κ3) is 3.56. The second kappa shape index (κ2) is 7.04. The number of hydrogen-bond donors (Lipinski definition) is 0. The predicted octanol–water partition coefficient (Wildman–Crippen LogP) is 2.31. The lowest BCUT2D eigenvalue weighted by Crippen LogP contribution is -2.27. The zero-order chi connectivity index (χ0) is 17.0. The number of hydrogen-bond acceptors (Lipinski definition) is 5. The molecule has 0 saturated carbocycles. The first-order valence-corrected chi connectivity index (χ1v) is 7.22. The number of carbonyl (C=O) groups is 1. The van der Waals surface area contributed by atoms with E-state index in [9.17, 15) is 14.9 Å². The zero-order valence-corrected chi connectivity index (χ0v) is 13.3. The van der Waals surface area contributed by atoms with Crippen LogP contribution in [-0.4, -0.2) is 33.9 Å². The van der Waals surface area contributed by atoms with E-state index in [0.717, 1.165) is 0 Å². The van der Waals surface area contributed by atoms with Crippen molar-refractivity contribution in [1.82, 2.24) is 9.55 Å². The lowest BCUT2D eigenvalue weighted by Gasteiger charge is -2.22. The minimum absolute atomic E-state index is 0.253. The largest absolute Gasteiger partial charge is 0.496 e. The topological polar surface area (TPSA) is 87.3 Å². The van der Waals surface area contributed by atoms with Crippen LogP contribution in [0.2, 0.25) is 0 Å². The number of para-hydroxylation sites is 1. The van der Waals surface area contributed by atoms with Crippen molar-refractivity contribution in [2.45, 2.75) is 12.8 Å². The molecule has 2 aromatic rings. The summed E-state index contributed by atoms with van der Waals surface area (Å²) in [5, 5.41) is 10.9. The van der Waals surface area contributed by atoms with Crippen LogP contribution in [0.1, 0.15) is 29.0 Å². The first-order chi connectivity index (χ1) is 11.0. The van der Waals surface area contributed by atoms with Crippen LogP contribution in [0.4, 0.5) is 0 Å². The highest BCUT2D eigenvalue weighted by Gasteiger charge is 2.34. The first kappa shape index (κ1) is 16.7. The number of imidazole rings is 1. The molecule has 0 radical (unpaired) electrons. The molecule has 1 aromatic heterocycles. The number of aryl methyl sites for hydroxylation is 1. The molecular formula is C16H19N3O4. The first-order valence-electron chi connectivity index (χ1n) is 7.22. The van der Waals surface area contributed by atoms with Gasteiger partial charge in [-0.2, -0.15) is 0 Å². The summed E-state index contributed by atoms with van der Waals surface area (Å²) in [6.45, 7) is 1.39. The number of nitro groups is 1. The van der Waals surface area contributed by atoms with E-state index in [1.54, 1.807) is 49.0 Å². The van der Waals surface area contributed by atoms with Crippen LogP contribution in [-0.2, 0) is 7.05 Å². The third-order valence-electron chi connectivity index (χ3n) is 3.80. The van der Waals surface area contributed by atoms with Crippen LogP contribution in [0.15, 0.2) is 36.7 Å². The van der Waals surface area contributed by atoms with Crippen molar-refractivity contribution in [2.24, 2.45) is 13.0 Å². The molecule has 0 spiro atoms. The van der Waals surface area contributed by atoms with Gasteiger partial charge in [-0.1, -0.05) is 25.1 Å². The normalized spacial score (nSPS) is 13.3. The van der Waals surface area contributed by atoms with Gasteiger partial charge in [-0.25, -0.2) is 4.98 Å². The van der Waals surface area contributed by atoms with E-state index in [2.05, 4.69) is 4.98 Å². The predicted molar refractivity (Wildman–Crippen MR) is 84.3 cm³/mol. The number of nitrogens with zero attached hydrogens (tertiary/aromatic N) is 3. The van der Waals surface area contributed by atoms with E-state index in [1.165, 1.54) is 13.3 Å². The Balaban J connectivity index is 2.49. The summed E-state index contributed by atoms with van der Waals surface area (Å²) >= 11 is 0. The van der Waals surface area contributed by atoms with Gasteiger partial charge < -0.3 is 9.30 Å². The molecule has 7 nitrogen and oxygen atoms in total. The van der Waals surface area contributed by atoms with Crippen molar-refractivity contribution < 1.29 is 14.5 Å². The summed E-state index contributed by atoms with van der Waals surface area (Å²) in [5.41, 5.74) is 0.636. The van der Waals surface area contributed by atoms with Crippen molar-refractivity contribution >= 4 is 5.78 Å². The van der Waals surface area contributed by atoms with Crippen molar-refractivity contribution in [2.75, 3.05) is 13.7 Å². The van der Waals surface area contributed by atoms with Gasteiger partial charge in [-0.05, 0) is 6.07 Å². The van der Waals surface area contributed by atoms with Gasteiger partial charge in [0.05, 0.1) is 13.0 Å². The smallest absolute Gasteiger partial charge is 0.207 e. The van der Waals surface area contributed by atoms with Crippen LogP contribution in [0.3, 0.4) is 0 Å². The summed E-state index contributed by atoms with van der Waals surface area (Å²) in [6, 6.07) is 7.09. The molecule has 1 heterocycles. The Labute approximate surface area is 134 Å². The molecular weight excluding hydrogens is 298 g/mol. The van der Waals surface area contributed by atoms with Gasteiger partial charge in [0.2, 0.25) is 12.3 Å². The third-order valence-corrected chi connectivity index (χ3v) is 3.80. The van der Waals surface area contributed by atoms with E-state index in [4.69, 9.17) is 4.74 Å². The Morgan fingerprint density at radius 2 is 2.13 bits per heavy atom. The number of Topliss-reactive ketones (excluding diaryl/α,β-unsaturated/α-hetero) is 1. The highest BCUT2D eigenvalue weighted by Crippen LogP contribution is 2.34. The minimum Gasteiger partial charge on any atom is -0.496 e. The maximum absolute atomic E-state index is 13.0. The second-order valence-corrected chi connectivity index (χ2v) is 5.44. The maximum atomic E-state index is 13.0. The van der Waals surface area contributed by atoms with Gasteiger partial charge >= 0.3 is 0 Å².